The second kappa shape index (κ2) is 4.65. The SMILES string of the molecule is CC(C)CC1CNCCC1C1CCC1. The van der Waals surface area contributed by atoms with Gasteiger partial charge in [-0.25, -0.2) is 0 Å². The molecule has 0 aromatic rings. The molecule has 1 heteroatoms. The van der Waals surface area contributed by atoms with Gasteiger partial charge in [0.25, 0.3) is 0 Å². The average Bonchev–Trinajstić information content (AvgIpc) is 2.04. The Balaban J connectivity index is 1.88. The molecule has 2 rings (SSSR count). The van der Waals surface area contributed by atoms with E-state index in [0.29, 0.717) is 0 Å². The largest absolute Gasteiger partial charge is 0.316 e. The highest BCUT2D eigenvalue weighted by molar-refractivity contribution is 4.87. The van der Waals surface area contributed by atoms with E-state index in [1.165, 1.54) is 45.2 Å². The van der Waals surface area contributed by atoms with Crippen LogP contribution >= 0.6 is 0 Å². The van der Waals surface area contributed by atoms with Gasteiger partial charge < -0.3 is 5.32 Å². The Hall–Kier alpha value is -0.0400. The zero-order valence-corrected chi connectivity index (χ0v) is 9.76. The summed E-state index contributed by atoms with van der Waals surface area (Å²) < 4.78 is 0. The van der Waals surface area contributed by atoms with E-state index in [9.17, 15) is 0 Å². The van der Waals surface area contributed by atoms with Crippen LogP contribution in [0.4, 0.5) is 0 Å². The van der Waals surface area contributed by atoms with Crippen LogP contribution in [-0.4, -0.2) is 13.1 Å². The number of rotatable bonds is 3. The molecule has 0 amide bonds. The van der Waals surface area contributed by atoms with Crippen molar-refractivity contribution in [2.75, 3.05) is 13.1 Å². The summed E-state index contributed by atoms with van der Waals surface area (Å²) in [4.78, 5) is 0. The first-order chi connectivity index (χ1) is 6.77. The summed E-state index contributed by atoms with van der Waals surface area (Å²) in [5.74, 6) is 4.02. The summed E-state index contributed by atoms with van der Waals surface area (Å²) in [7, 11) is 0. The van der Waals surface area contributed by atoms with Crippen molar-refractivity contribution in [2.45, 2.75) is 46.0 Å². The highest BCUT2D eigenvalue weighted by atomic mass is 14.9. The monoisotopic (exact) mass is 195 g/mol. The van der Waals surface area contributed by atoms with Gasteiger partial charge >= 0.3 is 0 Å². The van der Waals surface area contributed by atoms with Crippen molar-refractivity contribution in [3.05, 3.63) is 0 Å². The van der Waals surface area contributed by atoms with Crippen molar-refractivity contribution in [2.24, 2.45) is 23.7 Å². The van der Waals surface area contributed by atoms with Gasteiger partial charge in [-0.15, -0.1) is 0 Å². The first kappa shape index (κ1) is 10.5. The van der Waals surface area contributed by atoms with E-state index in [0.717, 1.165) is 23.7 Å². The fraction of sp³-hybridized carbons (Fsp3) is 1.00. The molecular weight excluding hydrogens is 170 g/mol. The van der Waals surface area contributed by atoms with Crippen molar-refractivity contribution in [3.8, 4) is 0 Å². The predicted octanol–water partition coefficient (Wildman–Crippen LogP) is 3.06. The smallest absolute Gasteiger partial charge is 0.00177 e. The highest BCUT2D eigenvalue weighted by Crippen LogP contribution is 2.41. The van der Waals surface area contributed by atoms with Crippen LogP contribution in [-0.2, 0) is 0 Å². The third kappa shape index (κ3) is 2.31. The molecule has 2 atom stereocenters. The van der Waals surface area contributed by atoms with Gasteiger partial charge in [0, 0.05) is 0 Å². The van der Waals surface area contributed by atoms with Gasteiger partial charge in [-0.05, 0) is 49.6 Å². The molecule has 1 aliphatic heterocycles. The van der Waals surface area contributed by atoms with E-state index in [1.54, 1.807) is 0 Å². The average molecular weight is 195 g/mol. The number of nitrogens with one attached hydrogen (secondary N) is 1. The molecule has 1 nitrogen and oxygen atoms in total. The van der Waals surface area contributed by atoms with Crippen LogP contribution in [0.1, 0.15) is 46.0 Å². The molecule has 2 unspecified atom stereocenters. The lowest BCUT2D eigenvalue weighted by molar-refractivity contribution is 0.0987. The number of hydrogen-bond donors (Lipinski definition) is 1. The molecule has 82 valence electrons. The van der Waals surface area contributed by atoms with Crippen LogP contribution in [0.5, 0.6) is 0 Å². The quantitative estimate of drug-likeness (QED) is 0.730. The zero-order valence-electron chi connectivity index (χ0n) is 9.76. The molecule has 1 saturated carbocycles. The molecule has 0 radical (unpaired) electrons. The second-order valence-electron chi connectivity index (χ2n) is 5.74. The van der Waals surface area contributed by atoms with Gasteiger partial charge in [0.05, 0.1) is 0 Å². The van der Waals surface area contributed by atoms with Gasteiger partial charge in [-0.2, -0.15) is 0 Å². The summed E-state index contributed by atoms with van der Waals surface area (Å²) in [6.07, 6.45) is 7.44. The maximum atomic E-state index is 3.57. The van der Waals surface area contributed by atoms with Crippen molar-refractivity contribution < 1.29 is 0 Å². The van der Waals surface area contributed by atoms with E-state index in [4.69, 9.17) is 0 Å². The lowest BCUT2D eigenvalue weighted by atomic mass is 9.66. The minimum Gasteiger partial charge on any atom is -0.316 e. The molecule has 2 aliphatic rings. The first-order valence-electron chi connectivity index (χ1n) is 6.48. The zero-order chi connectivity index (χ0) is 9.97. The molecule has 1 N–H and O–H groups in total. The fourth-order valence-electron chi connectivity index (χ4n) is 3.30. The van der Waals surface area contributed by atoms with Crippen molar-refractivity contribution in [3.63, 3.8) is 0 Å². The molecule has 0 spiro atoms. The van der Waals surface area contributed by atoms with Crippen LogP contribution in [0.2, 0.25) is 0 Å². The minimum absolute atomic E-state index is 0.877. The highest BCUT2D eigenvalue weighted by Gasteiger charge is 2.34. The van der Waals surface area contributed by atoms with Gasteiger partial charge in [-0.1, -0.05) is 33.1 Å². The molecule has 0 aromatic carbocycles. The summed E-state index contributed by atoms with van der Waals surface area (Å²) in [6, 6.07) is 0. The van der Waals surface area contributed by atoms with Gasteiger partial charge in [-0.3, -0.25) is 0 Å². The third-order valence-corrected chi connectivity index (χ3v) is 4.20. The summed E-state index contributed by atoms with van der Waals surface area (Å²) in [5, 5.41) is 3.57. The lowest BCUT2D eigenvalue weighted by Crippen LogP contribution is -2.42. The van der Waals surface area contributed by atoms with Crippen LogP contribution in [0.25, 0.3) is 0 Å². The summed E-state index contributed by atoms with van der Waals surface area (Å²) in [6.45, 7) is 7.30. The molecule has 14 heavy (non-hydrogen) atoms. The molecule has 0 bridgehead atoms. The Kier molecular flexibility index (Phi) is 3.48. The Morgan fingerprint density at radius 3 is 2.57 bits per heavy atom. The Bertz CT molecular complexity index is 172. The van der Waals surface area contributed by atoms with Crippen molar-refractivity contribution in [1.82, 2.24) is 5.32 Å². The standard InChI is InChI=1S/C13H25N/c1-10(2)8-12-9-14-7-6-13(12)11-4-3-5-11/h10-14H,3-9H2,1-2H3. The molecule has 0 aromatic heterocycles. The number of piperidine rings is 1. The molecular formula is C13H25N. The van der Waals surface area contributed by atoms with Crippen LogP contribution in [0.3, 0.4) is 0 Å². The van der Waals surface area contributed by atoms with Crippen LogP contribution in [0.15, 0.2) is 0 Å². The fourth-order valence-corrected chi connectivity index (χ4v) is 3.30. The maximum Gasteiger partial charge on any atom is -0.00177 e. The Morgan fingerprint density at radius 2 is 2.00 bits per heavy atom. The van der Waals surface area contributed by atoms with Crippen LogP contribution in [0, 0.1) is 23.7 Å². The number of hydrogen-bond acceptors (Lipinski definition) is 1. The van der Waals surface area contributed by atoms with Gasteiger partial charge in [0.15, 0.2) is 0 Å². The van der Waals surface area contributed by atoms with E-state index in [1.807, 2.05) is 0 Å². The van der Waals surface area contributed by atoms with E-state index < -0.39 is 0 Å². The van der Waals surface area contributed by atoms with E-state index >= 15 is 0 Å². The minimum atomic E-state index is 0.877. The lowest BCUT2D eigenvalue weighted by Gasteiger charge is -2.42. The van der Waals surface area contributed by atoms with E-state index in [2.05, 4.69) is 19.2 Å². The van der Waals surface area contributed by atoms with Crippen LogP contribution < -0.4 is 5.32 Å². The molecule has 1 heterocycles. The predicted molar refractivity (Wildman–Crippen MR) is 61.3 cm³/mol. The topological polar surface area (TPSA) is 12.0 Å². The molecule has 1 aliphatic carbocycles. The Labute approximate surface area is 88.7 Å². The van der Waals surface area contributed by atoms with Crippen molar-refractivity contribution in [1.29, 1.82) is 0 Å². The molecule has 1 saturated heterocycles. The Morgan fingerprint density at radius 1 is 1.21 bits per heavy atom. The second-order valence-corrected chi connectivity index (χ2v) is 5.74. The maximum absolute atomic E-state index is 3.57. The molecule has 2 fully saturated rings. The third-order valence-electron chi connectivity index (χ3n) is 4.20. The normalized spacial score (nSPS) is 34.5. The summed E-state index contributed by atoms with van der Waals surface area (Å²) >= 11 is 0. The summed E-state index contributed by atoms with van der Waals surface area (Å²) in [5.41, 5.74) is 0. The van der Waals surface area contributed by atoms with Crippen molar-refractivity contribution >= 4 is 0 Å². The van der Waals surface area contributed by atoms with E-state index in [-0.39, 0.29) is 0 Å². The van der Waals surface area contributed by atoms with Gasteiger partial charge in [0.2, 0.25) is 0 Å². The van der Waals surface area contributed by atoms with Gasteiger partial charge in [0.1, 0.15) is 0 Å². The first-order valence-corrected chi connectivity index (χ1v) is 6.48.